The third kappa shape index (κ3) is 5.17. The van der Waals surface area contributed by atoms with Gasteiger partial charge in [-0.15, -0.1) is 11.6 Å². The molecule has 2 unspecified atom stereocenters. The van der Waals surface area contributed by atoms with Gasteiger partial charge in [0, 0.05) is 18.5 Å². The van der Waals surface area contributed by atoms with E-state index >= 15 is 0 Å². The smallest absolute Gasteiger partial charge is 0.261 e. The van der Waals surface area contributed by atoms with Crippen molar-refractivity contribution in [2.24, 2.45) is 5.92 Å². The van der Waals surface area contributed by atoms with Gasteiger partial charge in [0.1, 0.15) is 6.61 Å². The first kappa shape index (κ1) is 14.6. The van der Waals surface area contributed by atoms with Crippen LogP contribution in [0.4, 0.5) is 8.78 Å². The average Bonchev–Trinajstić information content (AvgIpc) is 2.27. The number of hydrogen-bond acceptors (Lipinski definition) is 2. The van der Waals surface area contributed by atoms with Crippen LogP contribution >= 0.6 is 11.6 Å². The Kier molecular flexibility index (Phi) is 6.12. The van der Waals surface area contributed by atoms with Crippen LogP contribution in [0.15, 0.2) is 0 Å². The number of halogens is 3. The minimum Gasteiger partial charge on any atom is -0.375 e. The van der Waals surface area contributed by atoms with Crippen LogP contribution in [0, 0.1) is 5.92 Å². The van der Waals surface area contributed by atoms with Crippen molar-refractivity contribution < 1.29 is 18.3 Å². The molecular formula is C11H18ClF2NO2. The second-order valence-corrected chi connectivity index (χ2v) is 4.90. The minimum absolute atomic E-state index is 0.0466. The molecule has 2 atom stereocenters. The molecule has 17 heavy (non-hydrogen) atoms. The molecule has 100 valence electrons. The standard InChI is InChI=1S/C11H18ClF2NO2/c1-8-6-15(4-2-9(8)12)11(16)3-5-17-7-10(13)14/h8-10H,2-7H2,1H3. The van der Waals surface area contributed by atoms with Crippen molar-refractivity contribution in [2.75, 3.05) is 26.3 Å². The Labute approximate surface area is 105 Å². The number of rotatable bonds is 5. The van der Waals surface area contributed by atoms with Crippen molar-refractivity contribution in [2.45, 2.75) is 31.6 Å². The van der Waals surface area contributed by atoms with Gasteiger partial charge in [-0.25, -0.2) is 8.78 Å². The first-order valence-electron chi connectivity index (χ1n) is 5.78. The van der Waals surface area contributed by atoms with Gasteiger partial charge >= 0.3 is 0 Å². The first-order chi connectivity index (χ1) is 8.00. The molecule has 0 saturated carbocycles. The highest BCUT2D eigenvalue weighted by atomic mass is 35.5. The molecule has 1 saturated heterocycles. The quantitative estimate of drug-likeness (QED) is 0.565. The Bertz CT molecular complexity index is 254. The summed E-state index contributed by atoms with van der Waals surface area (Å²) in [7, 11) is 0. The second-order valence-electron chi connectivity index (χ2n) is 4.34. The lowest BCUT2D eigenvalue weighted by molar-refractivity contribution is -0.134. The van der Waals surface area contributed by atoms with Gasteiger partial charge in [-0.3, -0.25) is 4.79 Å². The number of likely N-dealkylation sites (tertiary alicyclic amines) is 1. The van der Waals surface area contributed by atoms with Gasteiger partial charge in [0.05, 0.1) is 13.0 Å². The summed E-state index contributed by atoms with van der Waals surface area (Å²) in [5.74, 6) is 0.228. The third-order valence-electron chi connectivity index (χ3n) is 2.86. The molecule has 1 aliphatic rings. The highest BCUT2D eigenvalue weighted by molar-refractivity contribution is 6.20. The molecule has 1 amide bonds. The van der Waals surface area contributed by atoms with Gasteiger partial charge < -0.3 is 9.64 Å². The number of nitrogens with zero attached hydrogens (tertiary/aromatic N) is 1. The van der Waals surface area contributed by atoms with Gasteiger partial charge in [0.15, 0.2) is 0 Å². The lowest BCUT2D eigenvalue weighted by Crippen LogP contribution is -2.43. The number of piperidine rings is 1. The van der Waals surface area contributed by atoms with E-state index in [0.29, 0.717) is 13.1 Å². The monoisotopic (exact) mass is 269 g/mol. The summed E-state index contributed by atoms with van der Waals surface area (Å²) in [5, 5.41) is 0.120. The van der Waals surface area contributed by atoms with Crippen LogP contribution in [0.1, 0.15) is 19.8 Å². The van der Waals surface area contributed by atoms with Gasteiger partial charge in [-0.1, -0.05) is 6.92 Å². The molecule has 0 radical (unpaired) electrons. The van der Waals surface area contributed by atoms with E-state index in [-0.39, 0.29) is 30.2 Å². The molecule has 1 heterocycles. The summed E-state index contributed by atoms with van der Waals surface area (Å²) in [6.07, 6.45) is -1.53. The molecule has 0 aromatic carbocycles. The van der Waals surface area contributed by atoms with E-state index in [1.54, 1.807) is 4.90 Å². The highest BCUT2D eigenvalue weighted by Gasteiger charge is 2.26. The predicted octanol–water partition coefficient (Wildman–Crippen LogP) is 2.13. The van der Waals surface area contributed by atoms with Crippen molar-refractivity contribution in [3.63, 3.8) is 0 Å². The fourth-order valence-corrected chi connectivity index (χ4v) is 2.01. The average molecular weight is 270 g/mol. The summed E-state index contributed by atoms with van der Waals surface area (Å²) >= 11 is 6.05. The highest BCUT2D eigenvalue weighted by Crippen LogP contribution is 2.22. The Hall–Kier alpha value is -0.420. The van der Waals surface area contributed by atoms with Gasteiger partial charge in [-0.2, -0.15) is 0 Å². The Morgan fingerprint density at radius 2 is 2.29 bits per heavy atom. The summed E-state index contributed by atoms with van der Waals surface area (Å²) in [4.78, 5) is 13.4. The van der Waals surface area contributed by atoms with Crippen molar-refractivity contribution >= 4 is 17.5 Å². The zero-order chi connectivity index (χ0) is 12.8. The molecule has 1 aliphatic heterocycles. The van der Waals surface area contributed by atoms with E-state index in [4.69, 9.17) is 11.6 Å². The summed E-state index contributed by atoms with van der Waals surface area (Å²) in [6, 6.07) is 0. The van der Waals surface area contributed by atoms with Crippen molar-refractivity contribution in [1.82, 2.24) is 4.90 Å². The summed E-state index contributed by atoms with van der Waals surface area (Å²) in [6.45, 7) is 2.74. The van der Waals surface area contributed by atoms with Gasteiger partial charge in [0.25, 0.3) is 6.43 Å². The lowest BCUT2D eigenvalue weighted by atomic mass is 9.99. The number of amides is 1. The fourth-order valence-electron chi connectivity index (χ4n) is 1.83. The summed E-state index contributed by atoms with van der Waals surface area (Å²) in [5.41, 5.74) is 0. The van der Waals surface area contributed by atoms with Gasteiger partial charge in [0.2, 0.25) is 5.91 Å². The van der Waals surface area contributed by atoms with Crippen LogP contribution in [0.3, 0.4) is 0 Å². The van der Waals surface area contributed by atoms with E-state index < -0.39 is 13.0 Å². The molecule has 6 heteroatoms. The minimum atomic E-state index is -2.47. The zero-order valence-electron chi connectivity index (χ0n) is 9.87. The van der Waals surface area contributed by atoms with E-state index in [0.717, 1.165) is 6.42 Å². The van der Waals surface area contributed by atoms with Crippen LogP contribution in [-0.4, -0.2) is 48.9 Å². The topological polar surface area (TPSA) is 29.5 Å². The third-order valence-corrected chi connectivity index (χ3v) is 3.51. The molecule has 0 spiro atoms. The molecule has 0 aliphatic carbocycles. The lowest BCUT2D eigenvalue weighted by Gasteiger charge is -2.34. The Morgan fingerprint density at radius 3 is 2.88 bits per heavy atom. The molecular weight excluding hydrogens is 252 g/mol. The molecule has 0 aromatic rings. The fraction of sp³-hybridized carbons (Fsp3) is 0.909. The second kappa shape index (κ2) is 7.11. The zero-order valence-corrected chi connectivity index (χ0v) is 10.6. The van der Waals surface area contributed by atoms with Crippen molar-refractivity contribution in [1.29, 1.82) is 0 Å². The van der Waals surface area contributed by atoms with Crippen LogP contribution in [-0.2, 0) is 9.53 Å². The molecule has 1 fully saturated rings. The SMILES string of the molecule is CC1CN(C(=O)CCOCC(F)F)CCC1Cl. The molecule has 1 rings (SSSR count). The normalized spacial score (nSPS) is 25.4. The first-order valence-corrected chi connectivity index (χ1v) is 6.22. The predicted molar refractivity (Wildman–Crippen MR) is 61.4 cm³/mol. The molecule has 0 bridgehead atoms. The number of carbonyl (C=O) groups excluding carboxylic acids is 1. The molecule has 0 N–H and O–H groups in total. The van der Waals surface area contributed by atoms with Crippen LogP contribution < -0.4 is 0 Å². The van der Waals surface area contributed by atoms with Gasteiger partial charge in [-0.05, 0) is 12.3 Å². The van der Waals surface area contributed by atoms with E-state index in [1.807, 2.05) is 6.92 Å². The van der Waals surface area contributed by atoms with Crippen LogP contribution in [0.2, 0.25) is 0 Å². The Morgan fingerprint density at radius 1 is 1.59 bits per heavy atom. The largest absolute Gasteiger partial charge is 0.375 e. The number of hydrogen-bond donors (Lipinski definition) is 0. The maximum atomic E-state index is 11.8. The molecule has 3 nitrogen and oxygen atoms in total. The number of carbonyl (C=O) groups is 1. The van der Waals surface area contributed by atoms with Crippen molar-refractivity contribution in [3.05, 3.63) is 0 Å². The summed E-state index contributed by atoms with van der Waals surface area (Å²) < 4.78 is 28.2. The van der Waals surface area contributed by atoms with E-state index in [9.17, 15) is 13.6 Å². The van der Waals surface area contributed by atoms with E-state index in [2.05, 4.69) is 4.74 Å². The van der Waals surface area contributed by atoms with Crippen LogP contribution in [0.25, 0.3) is 0 Å². The number of alkyl halides is 3. The van der Waals surface area contributed by atoms with Crippen molar-refractivity contribution in [3.8, 4) is 0 Å². The number of ether oxygens (including phenoxy) is 1. The maximum absolute atomic E-state index is 11.8. The maximum Gasteiger partial charge on any atom is 0.261 e. The van der Waals surface area contributed by atoms with Crippen LogP contribution in [0.5, 0.6) is 0 Å². The Balaban J connectivity index is 2.19. The molecule has 0 aromatic heterocycles. The van der Waals surface area contributed by atoms with E-state index in [1.165, 1.54) is 0 Å².